The molecule has 2 amide bonds. The van der Waals surface area contributed by atoms with Crippen LogP contribution in [0.15, 0.2) is 18.2 Å². The summed E-state index contributed by atoms with van der Waals surface area (Å²) in [4.78, 5) is 27.4. The van der Waals surface area contributed by atoms with Gasteiger partial charge in [-0.15, -0.1) is 0 Å². The number of nitrogens with one attached hydrogen (secondary N) is 1. The number of halogens is 2. The summed E-state index contributed by atoms with van der Waals surface area (Å²) in [5.74, 6) is -0.0758. The van der Waals surface area contributed by atoms with E-state index >= 15 is 0 Å². The molecule has 1 saturated carbocycles. The van der Waals surface area contributed by atoms with E-state index in [-0.39, 0.29) is 17.9 Å². The van der Waals surface area contributed by atoms with Gasteiger partial charge in [0, 0.05) is 29.1 Å². The van der Waals surface area contributed by atoms with Gasteiger partial charge in [-0.2, -0.15) is 0 Å². The SMILES string of the molecule is CCCC(=O)N(Cc1ccc(Cl)cc1Cl)[C@@H](CC)C(=O)NC1CCCCC1. The predicted molar refractivity (Wildman–Crippen MR) is 111 cm³/mol. The smallest absolute Gasteiger partial charge is 0.243 e. The van der Waals surface area contributed by atoms with E-state index in [0.717, 1.165) is 37.7 Å². The van der Waals surface area contributed by atoms with Crippen LogP contribution in [0.4, 0.5) is 0 Å². The van der Waals surface area contributed by atoms with E-state index in [9.17, 15) is 9.59 Å². The van der Waals surface area contributed by atoms with Crippen molar-refractivity contribution < 1.29 is 9.59 Å². The first-order chi connectivity index (χ1) is 13.0. The molecule has 150 valence electrons. The highest BCUT2D eigenvalue weighted by atomic mass is 35.5. The highest BCUT2D eigenvalue weighted by molar-refractivity contribution is 6.35. The summed E-state index contributed by atoms with van der Waals surface area (Å²) in [7, 11) is 0. The molecule has 1 aliphatic rings. The van der Waals surface area contributed by atoms with Crippen molar-refractivity contribution in [3.8, 4) is 0 Å². The minimum atomic E-state index is -0.488. The van der Waals surface area contributed by atoms with Crippen LogP contribution in [-0.4, -0.2) is 28.8 Å². The first-order valence-corrected chi connectivity index (χ1v) is 10.8. The lowest BCUT2D eigenvalue weighted by Gasteiger charge is -2.33. The third-order valence-corrected chi connectivity index (χ3v) is 5.74. The number of hydrogen-bond acceptors (Lipinski definition) is 2. The fourth-order valence-corrected chi connectivity index (χ4v) is 4.12. The van der Waals surface area contributed by atoms with Gasteiger partial charge in [-0.3, -0.25) is 9.59 Å². The van der Waals surface area contributed by atoms with Crippen molar-refractivity contribution in [1.82, 2.24) is 10.2 Å². The minimum Gasteiger partial charge on any atom is -0.352 e. The zero-order chi connectivity index (χ0) is 19.8. The summed E-state index contributed by atoms with van der Waals surface area (Å²) < 4.78 is 0. The topological polar surface area (TPSA) is 49.4 Å². The highest BCUT2D eigenvalue weighted by Gasteiger charge is 2.30. The van der Waals surface area contributed by atoms with Gasteiger partial charge < -0.3 is 10.2 Å². The van der Waals surface area contributed by atoms with Crippen molar-refractivity contribution in [2.45, 2.75) is 83.8 Å². The monoisotopic (exact) mass is 412 g/mol. The average Bonchev–Trinajstić information content (AvgIpc) is 2.64. The van der Waals surface area contributed by atoms with E-state index < -0.39 is 6.04 Å². The maximum atomic E-state index is 13.0. The van der Waals surface area contributed by atoms with Gasteiger partial charge in [-0.05, 0) is 43.4 Å². The number of hydrogen-bond donors (Lipinski definition) is 1. The second-order valence-corrected chi connectivity index (χ2v) is 8.12. The number of nitrogens with zero attached hydrogens (tertiary/aromatic N) is 1. The van der Waals surface area contributed by atoms with E-state index in [2.05, 4.69) is 5.32 Å². The minimum absolute atomic E-state index is 0.0193. The van der Waals surface area contributed by atoms with Gasteiger partial charge in [0.2, 0.25) is 11.8 Å². The predicted octanol–water partition coefficient (Wildman–Crippen LogP) is 5.35. The Morgan fingerprint density at radius 2 is 1.89 bits per heavy atom. The fraction of sp³-hybridized carbons (Fsp3) is 0.619. The van der Waals surface area contributed by atoms with E-state index in [1.54, 1.807) is 17.0 Å². The molecule has 2 rings (SSSR count). The second kappa shape index (κ2) is 10.9. The standard InChI is InChI=1S/C21H30Cl2N2O2/c1-3-8-20(26)25(14-15-11-12-16(22)13-18(15)23)19(4-2)21(27)24-17-9-6-5-7-10-17/h11-13,17,19H,3-10,14H2,1-2H3,(H,24,27)/t19-/m0/s1. The number of rotatable bonds is 8. The summed E-state index contributed by atoms with van der Waals surface area (Å²) in [6.45, 7) is 4.22. The van der Waals surface area contributed by atoms with E-state index in [1.807, 2.05) is 19.9 Å². The van der Waals surface area contributed by atoms with Gasteiger partial charge in [0.25, 0.3) is 0 Å². The van der Waals surface area contributed by atoms with Crippen LogP contribution in [0.3, 0.4) is 0 Å². The van der Waals surface area contributed by atoms with Gasteiger partial charge >= 0.3 is 0 Å². The first-order valence-electron chi connectivity index (χ1n) is 10.00. The molecular formula is C21H30Cl2N2O2. The zero-order valence-corrected chi connectivity index (χ0v) is 17.8. The molecule has 6 heteroatoms. The van der Waals surface area contributed by atoms with Crippen molar-refractivity contribution >= 4 is 35.0 Å². The lowest BCUT2D eigenvalue weighted by Crippen LogP contribution is -2.51. The van der Waals surface area contributed by atoms with Gasteiger partial charge in [0.15, 0.2) is 0 Å². The lowest BCUT2D eigenvalue weighted by atomic mass is 9.95. The molecule has 0 aromatic heterocycles. The molecule has 1 aromatic carbocycles. The molecule has 1 N–H and O–H groups in total. The van der Waals surface area contributed by atoms with Crippen molar-refractivity contribution in [3.63, 3.8) is 0 Å². The van der Waals surface area contributed by atoms with Crippen LogP contribution in [0, 0.1) is 0 Å². The first kappa shape index (κ1) is 22.0. The lowest BCUT2D eigenvalue weighted by molar-refractivity contribution is -0.141. The Bertz CT molecular complexity index is 645. The molecule has 0 heterocycles. The van der Waals surface area contributed by atoms with Crippen LogP contribution in [0.2, 0.25) is 10.0 Å². The quantitative estimate of drug-likeness (QED) is 0.625. The second-order valence-electron chi connectivity index (χ2n) is 7.27. The van der Waals surface area contributed by atoms with Gasteiger partial charge in [0.1, 0.15) is 6.04 Å². The molecule has 27 heavy (non-hydrogen) atoms. The number of amides is 2. The van der Waals surface area contributed by atoms with E-state index in [4.69, 9.17) is 23.2 Å². The third kappa shape index (κ3) is 6.39. The van der Waals surface area contributed by atoms with Crippen molar-refractivity contribution in [2.24, 2.45) is 0 Å². The largest absolute Gasteiger partial charge is 0.352 e. The van der Waals surface area contributed by atoms with E-state index in [0.29, 0.717) is 29.4 Å². The molecule has 0 unspecified atom stereocenters. The van der Waals surface area contributed by atoms with Gasteiger partial charge in [0.05, 0.1) is 0 Å². The van der Waals surface area contributed by atoms with Gasteiger partial charge in [-0.1, -0.05) is 62.4 Å². The Morgan fingerprint density at radius 3 is 2.48 bits per heavy atom. The molecule has 0 aliphatic heterocycles. The van der Waals surface area contributed by atoms with E-state index in [1.165, 1.54) is 6.42 Å². The Labute approximate surface area is 172 Å². The molecule has 1 atom stereocenters. The molecule has 0 radical (unpaired) electrons. The highest BCUT2D eigenvalue weighted by Crippen LogP contribution is 2.24. The number of carbonyl (C=O) groups is 2. The van der Waals surface area contributed by atoms with Crippen LogP contribution >= 0.6 is 23.2 Å². The summed E-state index contributed by atoms with van der Waals surface area (Å²) in [5, 5.41) is 4.24. The average molecular weight is 413 g/mol. The molecule has 1 aromatic rings. The van der Waals surface area contributed by atoms with Gasteiger partial charge in [-0.25, -0.2) is 0 Å². The normalized spacial score (nSPS) is 16.0. The van der Waals surface area contributed by atoms with Crippen LogP contribution in [-0.2, 0) is 16.1 Å². The Kier molecular flexibility index (Phi) is 8.91. The molecule has 1 aliphatic carbocycles. The molecule has 0 saturated heterocycles. The zero-order valence-electron chi connectivity index (χ0n) is 16.3. The Hall–Kier alpha value is -1.26. The fourth-order valence-electron chi connectivity index (χ4n) is 3.65. The van der Waals surface area contributed by atoms with Crippen LogP contribution < -0.4 is 5.32 Å². The summed E-state index contributed by atoms with van der Waals surface area (Å²) in [6, 6.07) is 4.99. The van der Waals surface area contributed by atoms with Crippen LogP contribution in [0.25, 0.3) is 0 Å². The van der Waals surface area contributed by atoms with Crippen molar-refractivity contribution in [2.75, 3.05) is 0 Å². The number of carbonyl (C=O) groups excluding carboxylic acids is 2. The Balaban J connectivity index is 2.18. The molecule has 0 bridgehead atoms. The maximum absolute atomic E-state index is 13.0. The van der Waals surface area contributed by atoms with Crippen molar-refractivity contribution in [1.29, 1.82) is 0 Å². The molecule has 4 nitrogen and oxygen atoms in total. The summed E-state index contributed by atoms with van der Waals surface area (Å²) >= 11 is 12.3. The van der Waals surface area contributed by atoms with Crippen LogP contribution in [0.5, 0.6) is 0 Å². The molecule has 1 fully saturated rings. The number of benzene rings is 1. The molecule has 0 spiro atoms. The molecular weight excluding hydrogens is 383 g/mol. The summed E-state index contributed by atoms with van der Waals surface area (Å²) in [6.07, 6.45) is 7.31. The van der Waals surface area contributed by atoms with Crippen LogP contribution in [0.1, 0.15) is 70.8 Å². The maximum Gasteiger partial charge on any atom is 0.243 e. The third-order valence-electron chi connectivity index (χ3n) is 5.16. The Morgan fingerprint density at radius 1 is 1.19 bits per heavy atom. The summed E-state index contributed by atoms with van der Waals surface area (Å²) in [5.41, 5.74) is 0.800. The van der Waals surface area contributed by atoms with Crippen molar-refractivity contribution in [3.05, 3.63) is 33.8 Å².